The van der Waals surface area contributed by atoms with Gasteiger partial charge in [-0.1, -0.05) is 23.7 Å². The number of rotatable bonds is 8. The second-order valence-electron chi connectivity index (χ2n) is 6.21. The van der Waals surface area contributed by atoms with Crippen LogP contribution in [0.15, 0.2) is 42.5 Å². The van der Waals surface area contributed by atoms with Gasteiger partial charge in [-0.3, -0.25) is 4.79 Å². The highest BCUT2D eigenvalue weighted by atomic mass is 35.5. The number of carbonyl (C=O) groups is 1. The van der Waals surface area contributed by atoms with Gasteiger partial charge >= 0.3 is 0 Å². The van der Waals surface area contributed by atoms with E-state index in [0.717, 1.165) is 23.8 Å². The fourth-order valence-electron chi connectivity index (χ4n) is 2.86. The number of nitrogens with one attached hydrogen (secondary N) is 2. The first-order chi connectivity index (χ1) is 13.2. The predicted molar refractivity (Wildman–Crippen MR) is 110 cm³/mol. The summed E-state index contributed by atoms with van der Waals surface area (Å²) in [5.74, 6) is 3.24. The summed E-state index contributed by atoms with van der Waals surface area (Å²) in [6.45, 7) is 0.772. The Morgan fingerprint density at radius 1 is 1.30 bits per heavy atom. The highest BCUT2D eigenvalue weighted by Gasteiger charge is 2.15. The van der Waals surface area contributed by atoms with Crippen LogP contribution in [0.25, 0.3) is 0 Å². The third-order valence-corrected chi connectivity index (χ3v) is 5.51. The molecular weight excluding hydrogens is 384 g/mol. The van der Waals surface area contributed by atoms with Crippen molar-refractivity contribution in [1.29, 1.82) is 0 Å². The van der Waals surface area contributed by atoms with E-state index in [2.05, 4.69) is 22.8 Å². The Hall–Kier alpha value is -1.89. The molecule has 2 aromatic rings. The molecule has 0 aliphatic carbocycles. The molecule has 1 heterocycles. The van der Waals surface area contributed by atoms with E-state index in [-0.39, 0.29) is 5.91 Å². The standard InChI is InChI=1S/C20H23ClN2O3S/c1-25-19-7-4-15(21)11-18(19)20(24)22-8-9-26-17-5-2-14(3-6-17)10-16-12-27-13-23-16/h2-7,11,16,23H,8-10,12-13H2,1H3,(H,22,24). The van der Waals surface area contributed by atoms with Gasteiger partial charge in [-0.25, -0.2) is 0 Å². The van der Waals surface area contributed by atoms with Gasteiger partial charge in [-0.15, -0.1) is 11.8 Å². The van der Waals surface area contributed by atoms with E-state index in [0.29, 0.717) is 35.5 Å². The molecule has 0 bridgehead atoms. The van der Waals surface area contributed by atoms with E-state index in [1.54, 1.807) is 18.2 Å². The van der Waals surface area contributed by atoms with E-state index < -0.39 is 0 Å². The minimum Gasteiger partial charge on any atom is -0.496 e. The van der Waals surface area contributed by atoms with Gasteiger partial charge < -0.3 is 20.1 Å². The van der Waals surface area contributed by atoms with Crippen LogP contribution in [-0.4, -0.2) is 43.8 Å². The van der Waals surface area contributed by atoms with E-state index in [1.165, 1.54) is 12.7 Å². The summed E-state index contributed by atoms with van der Waals surface area (Å²) in [5.41, 5.74) is 1.71. The summed E-state index contributed by atoms with van der Waals surface area (Å²) in [4.78, 5) is 12.3. The van der Waals surface area contributed by atoms with Gasteiger partial charge in [0.15, 0.2) is 0 Å². The zero-order valence-electron chi connectivity index (χ0n) is 15.2. The molecule has 2 aromatic carbocycles. The van der Waals surface area contributed by atoms with Gasteiger partial charge in [0, 0.05) is 22.7 Å². The summed E-state index contributed by atoms with van der Waals surface area (Å²) in [6.07, 6.45) is 1.03. The molecule has 144 valence electrons. The van der Waals surface area contributed by atoms with Crippen LogP contribution in [0.2, 0.25) is 5.02 Å². The van der Waals surface area contributed by atoms with E-state index in [9.17, 15) is 4.79 Å². The van der Waals surface area contributed by atoms with E-state index in [4.69, 9.17) is 21.1 Å². The van der Waals surface area contributed by atoms with Gasteiger partial charge in [0.05, 0.1) is 19.2 Å². The molecule has 5 nitrogen and oxygen atoms in total. The Morgan fingerprint density at radius 3 is 2.81 bits per heavy atom. The molecule has 0 radical (unpaired) electrons. The highest BCUT2D eigenvalue weighted by molar-refractivity contribution is 7.99. The van der Waals surface area contributed by atoms with Crippen molar-refractivity contribution in [3.63, 3.8) is 0 Å². The van der Waals surface area contributed by atoms with Crippen LogP contribution in [0.5, 0.6) is 11.5 Å². The predicted octanol–water partition coefficient (Wildman–Crippen LogP) is 3.36. The third kappa shape index (κ3) is 5.79. The fraction of sp³-hybridized carbons (Fsp3) is 0.350. The summed E-state index contributed by atoms with van der Waals surface area (Å²) in [7, 11) is 1.52. The van der Waals surface area contributed by atoms with Crippen LogP contribution in [0.4, 0.5) is 0 Å². The normalized spacial score (nSPS) is 16.1. The topological polar surface area (TPSA) is 59.6 Å². The molecule has 1 amide bonds. The van der Waals surface area contributed by atoms with Gasteiger partial charge in [-0.2, -0.15) is 0 Å². The number of methoxy groups -OCH3 is 1. The molecule has 0 spiro atoms. The lowest BCUT2D eigenvalue weighted by Gasteiger charge is -2.12. The van der Waals surface area contributed by atoms with Crippen LogP contribution >= 0.6 is 23.4 Å². The highest BCUT2D eigenvalue weighted by Crippen LogP contribution is 2.22. The summed E-state index contributed by atoms with van der Waals surface area (Å²) < 4.78 is 10.9. The van der Waals surface area contributed by atoms with Gasteiger partial charge in [0.25, 0.3) is 5.91 Å². The quantitative estimate of drug-likeness (QED) is 0.658. The molecule has 1 aliphatic heterocycles. The maximum Gasteiger partial charge on any atom is 0.255 e. The smallest absolute Gasteiger partial charge is 0.255 e. The van der Waals surface area contributed by atoms with Crippen LogP contribution in [0, 0.1) is 0 Å². The average Bonchev–Trinajstić information content (AvgIpc) is 3.19. The van der Waals surface area contributed by atoms with Gasteiger partial charge in [-0.05, 0) is 42.3 Å². The second-order valence-corrected chi connectivity index (χ2v) is 7.68. The number of ether oxygens (including phenoxy) is 2. The van der Waals surface area contributed by atoms with Crippen LogP contribution in [0.3, 0.4) is 0 Å². The molecule has 3 rings (SSSR count). The maximum atomic E-state index is 12.3. The van der Waals surface area contributed by atoms with E-state index >= 15 is 0 Å². The van der Waals surface area contributed by atoms with Crippen molar-refractivity contribution >= 4 is 29.3 Å². The molecule has 1 saturated heterocycles. The molecule has 1 aliphatic rings. The Kier molecular flexibility index (Phi) is 7.26. The summed E-state index contributed by atoms with van der Waals surface area (Å²) >= 11 is 7.90. The molecule has 7 heteroatoms. The SMILES string of the molecule is COc1ccc(Cl)cc1C(=O)NCCOc1ccc(CC2CSCN2)cc1. The Labute approximate surface area is 168 Å². The largest absolute Gasteiger partial charge is 0.496 e. The fourth-order valence-corrected chi connectivity index (χ4v) is 4.02. The lowest BCUT2D eigenvalue weighted by Crippen LogP contribution is -2.28. The number of carbonyl (C=O) groups excluding carboxylic acids is 1. The number of halogens is 1. The monoisotopic (exact) mass is 406 g/mol. The zero-order valence-corrected chi connectivity index (χ0v) is 16.7. The molecule has 0 aromatic heterocycles. The number of amides is 1. The number of hydrogen-bond acceptors (Lipinski definition) is 5. The minimum absolute atomic E-state index is 0.241. The van der Waals surface area contributed by atoms with Crippen molar-refractivity contribution in [2.75, 3.05) is 31.9 Å². The third-order valence-electron chi connectivity index (χ3n) is 4.26. The molecule has 27 heavy (non-hydrogen) atoms. The molecular formula is C20H23ClN2O3S. The first-order valence-corrected chi connectivity index (χ1v) is 10.3. The number of hydrogen-bond donors (Lipinski definition) is 2. The summed E-state index contributed by atoms with van der Waals surface area (Å²) in [5, 5.41) is 6.78. The Bertz CT molecular complexity index is 764. The van der Waals surface area contributed by atoms with Crippen molar-refractivity contribution in [3.8, 4) is 11.5 Å². The summed E-state index contributed by atoms with van der Waals surface area (Å²) in [6, 6.07) is 13.6. The molecule has 1 atom stereocenters. The first kappa shape index (κ1) is 19.9. The Morgan fingerprint density at radius 2 is 2.11 bits per heavy atom. The minimum atomic E-state index is -0.241. The molecule has 0 saturated carbocycles. The van der Waals surface area contributed by atoms with Crippen LogP contribution in [-0.2, 0) is 6.42 Å². The van der Waals surface area contributed by atoms with Gasteiger partial charge in [0.2, 0.25) is 0 Å². The maximum absolute atomic E-state index is 12.3. The molecule has 1 fully saturated rings. The molecule has 2 N–H and O–H groups in total. The second kappa shape index (κ2) is 9.88. The van der Waals surface area contributed by atoms with Crippen molar-refractivity contribution in [2.24, 2.45) is 0 Å². The average molecular weight is 407 g/mol. The Balaban J connectivity index is 1.43. The van der Waals surface area contributed by atoms with Crippen molar-refractivity contribution in [3.05, 3.63) is 58.6 Å². The van der Waals surface area contributed by atoms with Crippen LogP contribution in [0.1, 0.15) is 15.9 Å². The van der Waals surface area contributed by atoms with Crippen molar-refractivity contribution < 1.29 is 14.3 Å². The van der Waals surface area contributed by atoms with Crippen LogP contribution < -0.4 is 20.1 Å². The van der Waals surface area contributed by atoms with E-state index in [1.807, 2.05) is 23.9 Å². The molecule has 1 unspecified atom stereocenters. The lowest BCUT2D eigenvalue weighted by molar-refractivity contribution is 0.0944. The number of thioether (sulfide) groups is 1. The first-order valence-electron chi connectivity index (χ1n) is 8.80. The lowest BCUT2D eigenvalue weighted by atomic mass is 10.1. The number of benzene rings is 2. The van der Waals surface area contributed by atoms with Crippen molar-refractivity contribution in [2.45, 2.75) is 12.5 Å². The van der Waals surface area contributed by atoms with Crippen molar-refractivity contribution in [1.82, 2.24) is 10.6 Å². The zero-order chi connectivity index (χ0) is 19.1. The van der Waals surface area contributed by atoms with Gasteiger partial charge in [0.1, 0.15) is 18.1 Å².